The average Bonchev–Trinajstić information content (AvgIpc) is 3.00. The number of anilines is 2. The second-order valence-corrected chi connectivity index (χ2v) is 9.11. The molecule has 0 aromatic heterocycles. The Labute approximate surface area is 196 Å². The largest absolute Gasteiger partial charge is 0.497 e. The molecule has 0 bridgehead atoms. The third-order valence-electron chi connectivity index (χ3n) is 7.02. The van der Waals surface area contributed by atoms with Gasteiger partial charge < -0.3 is 19.4 Å². The van der Waals surface area contributed by atoms with E-state index in [0.717, 1.165) is 47.6 Å². The standard InChI is InChI=1S/C28H33N3O2/c1-3-4-15-29-16-6-17-30(19-18-29)25-13-14-26-27-23(25)7-5-8-24(27)28(32)31(26)20-21-9-11-22(33-2)12-10-21/h5,7-14H,3-4,6,15-20H2,1-2H3. The van der Waals surface area contributed by atoms with Gasteiger partial charge in [0.1, 0.15) is 5.75 Å². The summed E-state index contributed by atoms with van der Waals surface area (Å²) >= 11 is 0. The second kappa shape index (κ2) is 9.44. The Hall–Kier alpha value is -3.05. The van der Waals surface area contributed by atoms with E-state index in [1.165, 1.54) is 43.4 Å². The molecule has 1 amide bonds. The molecule has 5 nitrogen and oxygen atoms in total. The van der Waals surface area contributed by atoms with Crippen LogP contribution < -0.4 is 14.5 Å². The summed E-state index contributed by atoms with van der Waals surface area (Å²) in [4.78, 5) is 20.4. The van der Waals surface area contributed by atoms with Gasteiger partial charge in [0.25, 0.3) is 5.91 Å². The maximum absolute atomic E-state index is 13.4. The number of rotatable bonds is 7. The molecule has 1 saturated heterocycles. The number of unbranched alkanes of at least 4 members (excludes halogenated alkanes) is 1. The Bertz CT molecular complexity index is 1140. The van der Waals surface area contributed by atoms with Crippen LogP contribution in [0.25, 0.3) is 10.8 Å². The van der Waals surface area contributed by atoms with E-state index >= 15 is 0 Å². The third-order valence-corrected chi connectivity index (χ3v) is 7.02. The van der Waals surface area contributed by atoms with E-state index < -0.39 is 0 Å². The Morgan fingerprint density at radius 3 is 2.52 bits per heavy atom. The van der Waals surface area contributed by atoms with Gasteiger partial charge in [-0.1, -0.05) is 37.6 Å². The van der Waals surface area contributed by atoms with Gasteiger partial charge in [-0.05, 0) is 61.8 Å². The van der Waals surface area contributed by atoms with Gasteiger partial charge in [-0.25, -0.2) is 0 Å². The van der Waals surface area contributed by atoms with Crippen LogP contribution in [0, 0.1) is 0 Å². The molecular formula is C28H33N3O2. The smallest absolute Gasteiger partial charge is 0.259 e. The summed E-state index contributed by atoms with van der Waals surface area (Å²) < 4.78 is 5.27. The van der Waals surface area contributed by atoms with Gasteiger partial charge in [-0.3, -0.25) is 4.79 Å². The molecule has 0 saturated carbocycles. The van der Waals surface area contributed by atoms with Crippen molar-refractivity contribution in [2.45, 2.75) is 32.7 Å². The average molecular weight is 444 g/mol. The first-order valence-corrected chi connectivity index (χ1v) is 12.2. The first-order valence-electron chi connectivity index (χ1n) is 12.2. The normalized spacial score (nSPS) is 16.5. The molecule has 172 valence electrons. The summed E-state index contributed by atoms with van der Waals surface area (Å²) in [6, 6.07) is 18.5. The Morgan fingerprint density at radius 1 is 0.909 bits per heavy atom. The number of hydrogen-bond acceptors (Lipinski definition) is 4. The monoisotopic (exact) mass is 443 g/mol. The van der Waals surface area contributed by atoms with Crippen LogP contribution in [0.4, 0.5) is 11.4 Å². The van der Waals surface area contributed by atoms with E-state index in [9.17, 15) is 4.79 Å². The Balaban J connectivity index is 1.44. The van der Waals surface area contributed by atoms with Gasteiger partial charge in [-0.2, -0.15) is 0 Å². The minimum atomic E-state index is 0.0881. The predicted molar refractivity (Wildman–Crippen MR) is 136 cm³/mol. The van der Waals surface area contributed by atoms with Crippen LogP contribution in [-0.2, 0) is 6.54 Å². The molecule has 2 aliphatic heterocycles. The molecule has 0 atom stereocenters. The molecule has 2 heterocycles. The van der Waals surface area contributed by atoms with Crippen molar-refractivity contribution in [2.75, 3.05) is 49.6 Å². The van der Waals surface area contributed by atoms with Crippen LogP contribution in [0.5, 0.6) is 5.75 Å². The van der Waals surface area contributed by atoms with Crippen molar-refractivity contribution in [1.82, 2.24) is 4.90 Å². The molecule has 3 aromatic carbocycles. The number of nitrogens with zero attached hydrogens (tertiary/aromatic N) is 3. The second-order valence-electron chi connectivity index (χ2n) is 9.11. The first-order chi connectivity index (χ1) is 16.2. The predicted octanol–water partition coefficient (Wildman–Crippen LogP) is 5.32. The lowest BCUT2D eigenvalue weighted by atomic mass is 10.0. The Morgan fingerprint density at radius 2 is 1.73 bits per heavy atom. The number of benzene rings is 3. The van der Waals surface area contributed by atoms with Crippen molar-refractivity contribution in [3.05, 3.63) is 65.7 Å². The van der Waals surface area contributed by atoms with Gasteiger partial charge in [0.2, 0.25) is 0 Å². The molecule has 0 aliphatic carbocycles. The highest BCUT2D eigenvalue weighted by Crippen LogP contribution is 2.42. The van der Waals surface area contributed by atoms with Crippen molar-refractivity contribution in [3.63, 3.8) is 0 Å². The van der Waals surface area contributed by atoms with Crippen LogP contribution in [0.15, 0.2) is 54.6 Å². The first kappa shape index (κ1) is 21.8. The van der Waals surface area contributed by atoms with Gasteiger partial charge in [0, 0.05) is 41.7 Å². The molecular weight excluding hydrogens is 410 g/mol. The van der Waals surface area contributed by atoms with Crippen molar-refractivity contribution < 1.29 is 9.53 Å². The summed E-state index contributed by atoms with van der Waals surface area (Å²) in [5, 5.41) is 2.29. The summed E-state index contributed by atoms with van der Waals surface area (Å²) in [7, 11) is 1.67. The number of amides is 1. The highest BCUT2D eigenvalue weighted by Gasteiger charge is 2.31. The van der Waals surface area contributed by atoms with Crippen molar-refractivity contribution in [1.29, 1.82) is 0 Å². The van der Waals surface area contributed by atoms with Gasteiger partial charge in [0.05, 0.1) is 19.3 Å². The van der Waals surface area contributed by atoms with Crippen molar-refractivity contribution in [3.8, 4) is 5.75 Å². The Kier molecular flexibility index (Phi) is 6.23. The van der Waals surface area contributed by atoms with Crippen molar-refractivity contribution >= 4 is 28.1 Å². The zero-order valence-corrected chi connectivity index (χ0v) is 19.7. The molecule has 3 aromatic rings. The molecule has 33 heavy (non-hydrogen) atoms. The fourth-order valence-corrected chi connectivity index (χ4v) is 5.19. The van der Waals surface area contributed by atoms with Crippen LogP contribution >= 0.6 is 0 Å². The molecule has 0 radical (unpaired) electrons. The minimum absolute atomic E-state index is 0.0881. The maximum Gasteiger partial charge on any atom is 0.259 e. The highest BCUT2D eigenvalue weighted by molar-refractivity contribution is 6.26. The fourth-order valence-electron chi connectivity index (χ4n) is 5.19. The quantitative estimate of drug-likeness (QED) is 0.495. The minimum Gasteiger partial charge on any atom is -0.497 e. The maximum atomic E-state index is 13.4. The zero-order chi connectivity index (χ0) is 22.8. The van der Waals surface area contributed by atoms with Crippen LogP contribution in [0.2, 0.25) is 0 Å². The lowest BCUT2D eigenvalue weighted by Gasteiger charge is -2.26. The number of carbonyl (C=O) groups is 1. The van der Waals surface area contributed by atoms with E-state index in [2.05, 4.69) is 34.9 Å². The summed E-state index contributed by atoms with van der Waals surface area (Å²) in [5.74, 6) is 0.914. The molecule has 1 fully saturated rings. The summed E-state index contributed by atoms with van der Waals surface area (Å²) in [5.41, 5.74) is 4.18. The van der Waals surface area contributed by atoms with E-state index in [0.29, 0.717) is 6.54 Å². The zero-order valence-electron chi connectivity index (χ0n) is 19.7. The summed E-state index contributed by atoms with van der Waals surface area (Å²) in [6.07, 6.45) is 3.69. The van der Waals surface area contributed by atoms with E-state index in [-0.39, 0.29) is 5.91 Å². The fraction of sp³-hybridized carbons (Fsp3) is 0.393. The van der Waals surface area contributed by atoms with Crippen molar-refractivity contribution in [2.24, 2.45) is 0 Å². The number of methoxy groups -OCH3 is 1. The third kappa shape index (κ3) is 4.18. The lowest BCUT2D eigenvalue weighted by molar-refractivity contribution is 0.0991. The van der Waals surface area contributed by atoms with Gasteiger partial charge >= 0.3 is 0 Å². The topological polar surface area (TPSA) is 36.0 Å². The van der Waals surface area contributed by atoms with Crippen LogP contribution in [0.3, 0.4) is 0 Å². The molecule has 0 unspecified atom stereocenters. The number of carbonyl (C=O) groups excluding carboxylic acids is 1. The highest BCUT2D eigenvalue weighted by atomic mass is 16.5. The summed E-state index contributed by atoms with van der Waals surface area (Å²) in [6.45, 7) is 8.38. The van der Waals surface area contributed by atoms with E-state index in [4.69, 9.17) is 4.74 Å². The number of ether oxygens (including phenoxy) is 1. The number of hydrogen-bond donors (Lipinski definition) is 0. The SMILES string of the molecule is CCCCN1CCCN(c2ccc3c4c(cccc24)C(=O)N3Cc2ccc(OC)cc2)CC1. The lowest BCUT2D eigenvalue weighted by Crippen LogP contribution is -2.31. The van der Waals surface area contributed by atoms with Gasteiger partial charge in [0.15, 0.2) is 0 Å². The van der Waals surface area contributed by atoms with E-state index in [1.807, 2.05) is 41.3 Å². The molecule has 5 rings (SSSR count). The van der Waals surface area contributed by atoms with Gasteiger partial charge in [-0.15, -0.1) is 0 Å². The van der Waals surface area contributed by atoms with Crippen LogP contribution in [-0.4, -0.2) is 50.6 Å². The molecule has 0 spiro atoms. The molecule has 5 heteroatoms. The molecule has 0 N–H and O–H groups in total. The van der Waals surface area contributed by atoms with E-state index in [1.54, 1.807) is 7.11 Å². The van der Waals surface area contributed by atoms with Crippen LogP contribution in [0.1, 0.15) is 42.1 Å². The molecule has 2 aliphatic rings.